The molecule has 2 fully saturated rings. The van der Waals surface area contributed by atoms with Crippen molar-refractivity contribution in [2.24, 2.45) is 11.8 Å². The lowest BCUT2D eigenvalue weighted by molar-refractivity contribution is -0.137. The molecule has 0 spiro atoms. The van der Waals surface area contributed by atoms with Gasteiger partial charge in [0.05, 0.1) is 5.56 Å². The summed E-state index contributed by atoms with van der Waals surface area (Å²) in [7, 11) is 0. The molecule has 2 atom stereocenters. The number of rotatable bonds is 3. The summed E-state index contributed by atoms with van der Waals surface area (Å²) < 4.78 is 60.6. The van der Waals surface area contributed by atoms with Gasteiger partial charge in [0, 0.05) is 36.5 Å². The summed E-state index contributed by atoms with van der Waals surface area (Å²) in [5, 5.41) is 7.86. The van der Waals surface area contributed by atoms with Gasteiger partial charge in [-0.3, -0.25) is 0 Å². The highest BCUT2D eigenvalue weighted by Crippen LogP contribution is 2.39. The van der Waals surface area contributed by atoms with E-state index in [0.29, 0.717) is 36.3 Å². The first kappa shape index (κ1) is 24.3. The molecule has 1 aliphatic heterocycles. The van der Waals surface area contributed by atoms with Crippen molar-refractivity contribution in [3.63, 3.8) is 0 Å². The molecule has 1 amide bonds. The quantitative estimate of drug-likeness (QED) is 0.469. The number of carbonyl (C=O) groups is 1. The Morgan fingerprint density at radius 2 is 1.78 bits per heavy atom. The van der Waals surface area contributed by atoms with Crippen molar-refractivity contribution >= 4 is 17.7 Å². The third kappa shape index (κ3) is 4.70. The number of ether oxygens (including phenoxy) is 1. The predicted octanol–water partition coefficient (Wildman–Crippen LogP) is 5.61. The molecule has 192 valence electrons. The van der Waals surface area contributed by atoms with Crippen molar-refractivity contribution in [1.82, 2.24) is 19.5 Å². The van der Waals surface area contributed by atoms with E-state index in [1.165, 1.54) is 4.52 Å². The van der Waals surface area contributed by atoms with E-state index in [9.17, 15) is 22.4 Å². The molecule has 1 saturated heterocycles. The van der Waals surface area contributed by atoms with E-state index in [1.54, 1.807) is 23.2 Å². The van der Waals surface area contributed by atoms with Crippen molar-refractivity contribution in [2.45, 2.75) is 51.4 Å². The Hall–Kier alpha value is -3.37. The Kier molecular flexibility index (Phi) is 5.83. The number of hydrogen-bond acceptors (Lipinski definition) is 5. The van der Waals surface area contributed by atoms with Gasteiger partial charge in [-0.15, -0.1) is 5.10 Å². The first-order chi connectivity index (χ1) is 16.9. The molecule has 5 rings (SSSR count). The van der Waals surface area contributed by atoms with E-state index in [0.717, 1.165) is 25.0 Å². The molecule has 11 heteroatoms. The molecule has 2 unspecified atom stereocenters. The van der Waals surface area contributed by atoms with Crippen molar-refractivity contribution < 1.29 is 27.1 Å². The zero-order valence-corrected chi connectivity index (χ0v) is 20.1. The molecule has 3 heterocycles. The molecule has 1 saturated carbocycles. The van der Waals surface area contributed by atoms with Gasteiger partial charge in [-0.1, -0.05) is 6.07 Å². The van der Waals surface area contributed by atoms with E-state index in [2.05, 4.69) is 15.4 Å². The number of aromatic nitrogens is 3. The van der Waals surface area contributed by atoms with Crippen molar-refractivity contribution in [2.75, 3.05) is 18.4 Å². The Bertz CT molecular complexity index is 1290. The van der Waals surface area contributed by atoms with Crippen molar-refractivity contribution in [1.29, 1.82) is 0 Å². The molecule has 3 aromatic rings. The standard InChI is InChI=1S/C25H27F4N5O2/c1-24(2,3)36-23(35)33-12-14-6-7-15(13-33)20(14)30-22-31-21-18(5-4-10-34(21)32-22)17-9-8-16(11-19(17)26)25(27,28)29/h4-5,8-11,14-15,20H,6-7,12-13H2,1-3H3,(H,30,32). The average Bonchev–Trinajstić information content (AvgIpc) is 3.28. The molecule has 7 nitrogen and oxygen atoms in total. The zero-order valence-electron chi connectivity index (χ0n) is 20.1. The Labute approximate surface area is 205 Å². The van der Waals surface area contributed by atoms with Gasteiger partial charge in [0.25, 0.3) is 0 Å². The van der Waals surface area contributed by atoms with Gasteiger partial charge in [0.1, 0.15) is 11.4 Å². The topological polar surface area (TPSA) is 71.8 Å². The van der Waals surface area contributed by atoms with Crippen LogP contribution in [0.15, 0.2) is 36.5 Å². The molecule has 0 radical (unpaired) electrons. The number of likely N-dealkylation sites (tertiary alicyclic amines) is 1. The number of amides is 1. The van der Waals surface area contributed by atoms with E-state index in [4.69, 9.17) is 4.74 Å². The van der Waals surface area contributed by atoms with E-state index >= 15 is 0 Å². The third-order valence-corrected chi connectivity index (χ3v) is 6.73. The lowest BCUT2D eigenvalue weighted by Gasteiger charge is -2.38. The molecule has 1 N–H and O–H groups in total. The Balaban J connectivity index is 1.36. The molecule has 2 aliphatic rings. The van der Waals surface area contributed by atoms with Crippen LogP contribution in [0.4, 0.5) is 28.3 Å². The fraction of sp³-hybridized carbons (Fsp3) is 0.480. The van der Waals surface area contributed by atoms with Gasteiger partial charge in [-0.05, 0) is 69.7 Å². The lowest BCUT2D eigenvalue weighted by atomic mass is 9.92. The van der Waals surface area contributed by atoms with Crippen LogP contribution in [0, 0.1) is 17.7 Å². The summed E-state index contributed by atoms with van der Waals surface area (Å²) in [4.78, 5) is 18.9. The molecule has 36 heavy (non-hydrogen) atoms. The molecule has 1 aliphatic carbocycles. The molecule has 1 aromatic carbocycles. The van der Waals surface area contributed by atoms with Crippen LogP contribution in [0.2, 0.25) is 0 Å². The van der Waals surface area contributed by atoms with Crippen LogP contribution in [0.1, 0.15) is 39.2 Å². The molecule has 2 aromatic heterocycles. The van der Waals surface area contributed by atoms with Gasteiger partial charge in [-0.25, -0.2) is 13.7 Å². The zero-order chi connectivity index (χ0) is 25.8. The van der Waals surface area contributed by atoms with E-state index in [1.807, 2.05) is 20.8 Å². The number of nitrogens with zero attached hydrogens (tertiary/aromatic N) is 4. The molecule has 2 bridgehead atoms. The van der Waals surface area contributed by atoms with E-state index in [-0.39, 0.29) is 29.5 Å². The van der Waals surface area contributed by atoms with Gasteiger partial charge < -0.3 is 15.0 Å². The second kappa shape index (κ2) is 8.63. The van der Waals surface area contributed by atoms with Gasteiger partial charge in [0.2, 0.25) is 5.95 Å². The fourth-order valence-corrected chi connectivity index (χ4v) is 5.17. The Morgan fingerprint density at radius 1 is 1.08 bits per heavy atom. The number of fused-ring (bicyclic) bond motifs is 3. The highest BCUT2D eigenvalue weighted by atomic mass is 19.4. The highest BCUT2D eigenvalue weighted by Gasteiger charge is 2.44. The minimum atomic E-state index is -4.63. The second-order valence-corrected chi connectivity index (χ2v) is 10.5. The van der Waals surface area contributed by atoms with Crippen molar-refractivity contribution in [3.05, 3.63) is 47.9 Å². The SMILES string of the molecule is CC(C)(C)OC(=O)N1CC2CCC(C1)C2Nc1nc2c(-c3ccc(C(F)(F)F)cc3F)cccn2n1. The monoisotopic (exact) mass is 505 g/mol. The first-order valence-electron chi connectivity index (χ1n) is 11.9. The maximum absolute atomic E-state index is 14.7. The van der Waals surface area contributed by atoms with Crippen LogP contribution in [-0.4, -0.2) is 50.3 Å². The number of benzene rings is 1. The van der Waals surface area contributed by atoms with Gasteiger partial charge in [-0.2, -0.15) is 18.2 Å². The smallest absolute Gasteiger partial charge is 0.416 e. The summed E-state index contributed by atoms with van der Waals surface area (Å²) in [5.74, 6) is -0.227. The lowest BCUT2D eigenvalue weighted by Crippen LogP contribution is -2.51. The number of carbonyl (C=O) groups excluding carboxylic acids is 1. The van der Waals surface area contributed by atoms with Crippen LogP contribution in [0.3, 0.4) is 0 Å². The highest BCUT2D eigenvalue weighted by molar-refractivity contribution is 5.78. The summed E-state index contributed by atoms with van der Waals surface area (Å²) in [6.45, 7) is 6.66. The number of anilines is 1. The van der Waals surface area contributed by atoms with Crippen LogP contribution in [0.25, 0.3) is 16.8 Å². The number of halogens is 4. The minimum Gasteiger partial charge on any atom is -0.444 e. The maximum atomic E-state index is 14.7. The molecular weight excluding hydrogens is 478 g/mol. The number of hydrogen-bond donors (Lipinski definition) is 1. The van der Waals surface area contributed by atoms with Crippen LogP contribution < -0.4 is 5.32 Å². The summed E-state index contributed by atoms with van der Waals surface area (Å²) in [6.07, 6.45) is -1.38. The first-order valence-corrected chi connectivity index (χ1v) is 11.9. The number of nitrogens with one attached hydrogen (secondary N) is 1. The Morgan fingerprint density at radius 3 is 2.39 bits per heavy atom. The van der Waals surface area contributed by atoms with Crippen LogP contribution >= 0.6 is 0 Å². The number of alkyl halides is 3. The second-order valence-electron chi connectivity index (χ2n) is 10.5. The van der Waals surface area contributed by atoms with Crippen molar-refractivity contribution in [3.8, 4) is 11.1 Å². The van der Waals surface area contributed by atoms with Gasteiger partial charge in [0.15, 0.2) is 5.65 Å². The summed E-state index contributed by atoms with van der Waals surface area (Å²) >= 11 is 0. The largest absolute Gasteiger partial charge is 0.444 e. The third-order valence-electron chi connectivity index (χ3n) is 6.73. The van der Waals surface area contributed by atoms with E-state index < -0.39 is 23.2 Å². The number of pyridine rings is 1. The maximum Gasteiger partial charge on any atom is 0.416 e. The average molecular weight is 506 g/mol. The molecular formula is C25H27F4N5O2. The van der Waals surface area contributed by atoms with Crippen LogP contribution in [0.5, 0.6) is 0 Å². The predicted molar refractivity (Wildman–Crippen MR) is 125 cm³/mol. The normalized spacial score (nSPS) is 22.2. The minimum absolute atomic E-state index is 0.0123. The fourth-order valence-electron chi connectivity index (χ4n) is 5.17. The summed E-state index contributed by atoms with van der Waals surface area (Å²) in [6, 6.07) is 5.76. The number of piperidine rings is 1. The van der Waals surface area contributed by atoms with Crippen LogP contribution in [-0.2, 0) is 10.9 Å². The summed E-state index contributed by atoms with van der Waals surface area (Å²) in [5.41, 5.74) is -0.925. The van der Waals surface area contributed by atoms with Gasteiger partial charge >= 0.3 is 12.3 Å².